The Morgan fingerprint density at radius 2 is 2.04 bits per heavy atom. The van der Waals surface area contributed by atoms with E-state index in [9.17, 15) is 18.7 Å². The van der Waals surface area contributed by atoms with Crippen LogP contribution in [-0.4, -0.2) is 22.5 Å². The lowest BCUT2D eigenvalue weighted by Crippen LogP contribution is -2.28. The van der Waals surface area contributed by atoms with Crippen LogP contribution >= 0.6 is 11.3 Å². The fourth-order valence-electron chi connectivity index (χ4n) is 2.37. The van der Waals surface area contributed by atoms with E-state index in [1.807, 2.05) is 13.0 Å². The van der Waals surface area contributed by atoms with E-state index in [1.54, 1.807) is 13.0 Å². The number of aryl methyl sites for hydroxylation is 2. The number of carbonyl (C=O) groups excluding carboxylic acids is 1. The molecule has 5 nitrogen and oxygen atoms in total. The SMILES string of the molecule is Cc1ccc(-c2nc(C)c(C(=O)NC[C@H](O)c3ccc(F)c(F)c3)s2)o1. The quantitative estimate of drug-likeness (QED) is 0.709. The lowest BCUT2D eigenvalue weighted by Gasteiger charge is -2.12. The number of aliphatic hydroxyl groups excluding tert-OH is 1. The van der Waals surface area contributed by atoms with Crippen LogP contribution in [0.15, 0.2) is 34.7 Å². The van der Waals surface area contributed by atoms with Crippen molar-refractivity contribution in [3.63, 3.8) is 0 Å². The van der Waals surface area contributed by atoms with Gasteiger partial charge in [-0.05, 0) is 43.7 Å². The number of carbonyl (C=O) groups is 1. The second-order valence-corrected chi connectivity index (χ2v) is 6.74. The first-order valence-electron chi connectivity index (χ1n) is 7.80. The Bertz CT molecular complexity index is 952. The number of nitrogens with zero attached hydrogens (tertiary/aromatic N) is 1. The van der Waals surface area contributed by atoms with Gasteiger partial charge >= 0.3 is 0 Å². The molecule has 0 fully saturated rings. The van der Waals surface area contributed by atoms with Gasteiger partial charge in [0.05, 0.1) is 11.8 Å². The standard InChI is InChI=1S/C18H16F2N2O3S/c1-9-3-6-15(25-9)18-22-10(2)16(26-18)17(24)21-8-14(23)11-4-5-12(19)13(20)7-11/h3-7,14,23H,8H2,1-2H3,(H,21,24)/t14-/m0/s1. The van der Waals surface area contributed by atoms with Crippen molar-refractivity contribution in [2.45, 2.75) is 20.0 Å². The predicted molar refractivity (Wildman–Crippen MR) is 92.9 cm³/mol. The molecule has 2 heterocycles. The van der Waals surface area contributed by atoms with Gasteiger partial charge in [0, 0.05) is 6.54 Å². The normalized spacial score (nSPS) is 12.2. The van der Waals surface area contributed by atoms with Crippen LogP contribution in [0.3, 0.4) is 0 Å². The van der Waals surface area contributed by atoms with E-state index < -0.39 is 23.6 Å². The van der Waals surface area contributed by atoms with E-state index in [1.165, 1.54) is 17.4 Å². The van der Waals surface area contributed by atoms with Crippen LogP contribution in [0.25, 0.3) is 10.8 Å². The third-order valence-electron chi connectivity index (χ3n) is 3.74. The molecule has 1 aromatic carbocycles. The minimum Gasteiger partial charge on any atom is -0.459 e. The van der Waals surface area contributed by atoms with Crippen LogP contribution in [0, 0.1) is 25.5 Å². The lowest BCUT2D eigenvalue weighted by atomic mass is 10.1. The molecule has 3 rings (SSSR count). The first-order chi connectivity index (χ1) is 12.3. The summed E-state index contributed by atoms with van der Waals surface area (Å²) in [4.78, 5) is 17.1. The summed E-state index contributed by atoms with van der Waals surface area (Å²) in [5.41, 5.74) is 0.718. The monoisotopic (exact) mass is 378 g/mol. The maximum absolute atomic E-state index is 13.2. The lowest BCUT2D eigenvalue weighted by molar-refractivity contribution is 0.0919. The molecule has 2 aromatic heterocycles. The average Bonchev–Trinajstić information content (AvgIpc) is 3.20. The number of rotatable bonds is 5. The Morgan fingerprint density at radius 3 is 2.69 bits per heavy atom. The van der Waals surface area contributed by atoms with Crippen LogP contribution in [0.5, 0.6) is 0 Å². The van der Waals surface area contributed by atoms with Gasteiger partial charge < -0.3 is 14.8 Å². The van der Waals surface area contributed by atoms with Crippen molar-refractivity contribution in [2.24, 2.45) is 0 Å². The summed E-state index contributed by atoms with van der Waals surface area (Å²) in [6.45, 7) is 3.38. The van der Waals surface area contributed by atoms with Gasteiger partial charge in [0.25, 0.3) is 5.91 Å². The summed E-state index contributed by atoms with van der Waals surface area (Å²) >= 11 is 1.18. The summed E-state index contributed by atoms with van der Waals surface area (Å²) in [6.07, 6.45) is -1.16. The highest BCUT2D eigenvalue weighted by Gasteiger charge is 2.19. The van der Waals surface area contributed by atoms with Gasteiger partial charge in [0.2, 0.25) is 0 Å². The predicted octanol–water partition coefficient (Wildman–Crippen LogP) is 3.76. The van der Waals surface area contributed by atoms with Crippen molar-refractivity contribution in [3.8, 4) is 10.8 Å². The molecule has 0 aliphatic rings. The number of thiazole rings is 1. The minimum absolute atomic E-state index is 0.142. The maximum atomic E-state index is 13.2. The van der Waals surface area contributed by atoms with E-state index in [0.717, 1.165) is 17.9 Å². The Hall–Kier alpha value is -2.58. The average molecular weight is 378 g/mol. The number of amides is 1. The van der Waals surface area contributed by atoms with Gasteiger partial charge in [0.1, 0.15) is 10.6 Å². The third-order valence-corrected chi connectivity index (χ3v) is 4.91. The zero-order valence-corrected chi connectivity index (χ0v) is 14.9. The molecule has 1 amide bonds. The van der Waals surface area contributed by atoms with Crippen molar-refractivity contribution in [2.75, 3.05) is 6.54 Å². The first kappa shape index (κ1) is 18.2. The van der Waals surface area contributed by atoms with Crippen LogP contribution in [0.4, 0.5) is 8.78 Å². The number of nitrogens with one attached hydrogen (secondary N) is 1. The second kappa shape index (κ2) is 7.35. The molecule has 0 bridgehead atoms. The van der Waals surface area contributed by atoms with Crippen LogP contribution in [0.1, 0.15) is 32.8 Å². The zero-order valence-electron chi connectivity index (χ0n) is 14.0. The maximum Gasteiger partial charge on any atom is 0.263 e. The molecule has 0 spiro atoms. The molecule has 3 aromatic rings. The highest BCUT2D eigenvalue weighted by atomic mass is 32.1. The van der Waals surface area contributed by atoms with Gasteiger partial charge in [0.15, 0.2) is 22.4 Å². The van der Waals surface area contributed by atoms with E-state index in [-0.39, 0.29) is 12.1 Å². The summed E-state index contributed by atoms with van der Waals surface area (Å²) in [6, 6.07) is 6.69. The molecule has 0 aliphatic carbocycles. The van der Waals surface area contributed by atoms with E-state index in [2.05, 4.69) is 10.3 Å². The van der Waals surface area contributed by atoms with Gasteiger partial charge in [-0.15, -0.1) is 11.3 Å². The van der Waals surface area contributed by atoms with Crippen molar-refractivity contribution in [3.05, 3.63) is 63.9 Å². The Kier molecular flexibility index (Phi) is 5.15. The summed E-state index contributed by atoms with van der Waals surface area (Å²) < 4.78 is 31.7. The molecule has 2 N–H and O–H groups in total. The molecule has 136 valence electrons. The number of aliphatic hydroxyl groups is 1. The van der Waals surface area contributed by atoms with Crippen molar-refractivity contribution >= 4 is 17.2 Å². The van der Waals surface area contributed by atoms with Gasteiger partial charge in [-0.2, -0.15) is 0 Å². The molecule has 8 heteroatoms. The fourth-order valence-corrected chi connectivity index (χ4v) is 3.31. The highest BCUT2D eigenvalue weighted by molar-refractivity contribution is 7.17. The van der Waals surface area contributed by atoms with Gasteiger partial charge in [-0.25, -0.2) is 13.8 Å². The first-order valence-corrected chi connectivity index (χ1v) is 8.62. The van der Waals surface area contributed by atoms with Crippen molar-refractivity contribution in [1.29, 1.82) is 0 Å². The molecule has 1 atom stereocenters. The molecular formula is C18H16F2N2O3S. The van der Waals surface area contributed by atoms with Crippen molar-refractivity contribution < 1.29 is 23.1 Å². The zero-order chi connectivity index (χ0) is 18.8. The second-order valence-electron chi connectivity index (χ2n) is 5.74. The molecular weight excluding hydrogens is 362 g/mol. The molecule has 0 aliphatic heterocycles. The summed E-state index contributed by atoms with van der Waals surface area (Å²) in [7, 11) is 0. The number of aromatic nitrogens is 1. The third kappa shape index (κ3) is 3.81. The van der Waals surface area contributed by atoms with E-state index in [0.29, 0.717) is 21.3 Å². The Balaban J connectivity index is 1.68. The summed E-state index contributed by atoms with van der Waals surface area (Å²) in [5, 5.41) is 13.2. The molecule has 0 saturated carbocycles. The van der Waals surface area contributed by atoms with Gasteiger partial charge in [-0.1, -0.05) is 6.07 Å². The highest BCUT2D eigenvalue weighted by Crippen LogP contribution is 2.29. The number of hydrogen-bond donors (Lipinski definition) is 2. The summed E-state index contributed by atoms with van der Waals surface area (Å²) in [5.74, 6) is -1.13. The van der Waals surface area contributed by atoms with Crippen LogP contribution in [0.2, 0.25) is 0 Å². The van der Waals surface area contributed by atoms with E-state index >= 15 is 0 Å². The van der Waals surface area contributed by atoms with Crippen LogP contribution < -0.4 is 5.32 Å². The smallest absolute Gasteiger partial charge is 0.263 e. The Labute approximate surface area is 152 Å². The number of furan rings is 1. The topological polar surface area (TPSA) is 75.4 Å². The van der Waals surface area contributed by atoms with Gasteiger partial charge in [-0.3, -0.25) is 4.79 Å². The Morgan fingerprint density at radius 1 is 1.27 bits per heavy atom. The minimum atomic E-state index is -1.16. The van der Waals surface area contributed by atoms with E-state index in [4.69, 9.17) is 4.42 Å². The molecule has 26 heavy (non-hydrogen) atoms. The molecule has 0 radical (unpaired) electrons. The fraction of sp³-hybridized carbons (Fsp3) is 0.222. The van der Waals surface area contributed by atoms with Crippen LogP contribution in [-0.2, 0) is 0 Å². The van der Waals surface area contributed by atoms with Crippen molar-refractivity contribution in [1.82, 2.24) is 10.3 Å². The number of hydrogen-bond acceptors (Lipinski definition) is 5. The molecule has 0 unspecified atom stereocenters. The number of halogens is 2. The largest absolute Gasteiger partial charge is 0.459 e. The number of benzene rings is 1. The molecule has 0 saturated heterocycles.